The summed E-state index contributed by atoms with van der Waals surface area (Å²) >= 11 is 6.40. The third-order valence-corrected chi connectivity index (χ3v) is 5.05. The zero-order valence-corrected chi connectivity index (χ0v) is 18.0. The number of amides is 1. The Balaban J connectivity index is 2.05. The van der Waals surface area contributed by atoms with E-state index in [-0.39, 0.29) is 5.91 Å². The molecule has 0 unspecified atom stereocenters. The predicted molar refractivity (Wildman–Crippen MR) is 122 cm³/mol. The van der Waals surface area contributed by atoms with Crippen LogP contribution in [0.2, 0.25) is 5.02 Å². The first-order valence-electron chi connectivity index (χ1n) is 9.91. The smallest absolute Gasteiger partial charge is 0.267 e. The fraction of sp³-hybridized carbons (Fsp3) is 0.292. The fourth-order valence-electron chi connectivity index (χ4n) is 3.30. The number of pyridine rings is 1. The maximum atomic E-state index is 13.0. The fourth-order valence-corrected chi connectivity index (χ4v) is 3.52. The molecule has 5 heteroatoms. The van der Waals surface area contributed by atoms with E-state index in [4.69, 9.17) is 16.6 Å². The van der Waals surface area contributed by atoms with Crippen molar-refractivity contribution in [1.82, 2.24) is 10.4 Å². The Kier molecular flexibility index (Phi) is 6.65. The van der Waals surface area contributed by atoms with Crippen LogP contribution < -0.4 is 5.43 Å². The number of nitrogens with zero attached hydrogens (tertiary/aromatic N) is 2. The van der Waals surface area contributed by atoms with Crippen molar-refractivity contribution in [2.75, 3.05) is 0 Å². The second kappa shape index (κ2) is 9.19. The highest BCUT2D eigenvalue weighted by Crippen LogP contribution is 2.29. The van der Waals surface area contributed by atoms with Crippen LogP contribution in [0.25, 0.3) is 22.2 Å². The lowest BCUT2D eigenvalue weighted by Gasteiger charge is -2.11. The van der Waals surface area contributed by atoms with Gasteiger partial charge in [0.2, 0.25) is 0 Å². The molecule has 4 nitrogen and oxygen atoms in total. The van der Waals surface area contributed by atoms with Crippen molar-refractivity contribution in [3.8, 4) is 11.3 Å². The normalized spacial score (nSPS) is 11.9. The van der Waals surface area contributed by atoms with Crippen molar-refractivity contribution in [2.45, 2.75) is 40.5 Å². The highest BCUT2D eigenvalue weighted by Gasteiger charge is 2.15. The highest BCUT2D eigenvalue weighted by molar-refractivity contribution is 6.35. The first-order chi connectivity index (χ1) is 13.9. The molecule has 0 atom stereocenters. The van der Waals surface area contributed by atoms with Gasteiger partial charge < -0.3 is 0 Å². The lowest BCUT2D eigenvalue weighted by molar-refractivity contribution is 0.0956. The Morgan fingerprint density at radius 3 is 2.55 bits per heavy atom. The average molecular weight is 408 g/mol. The van der Waals surface area contributed by atoms with E-state index in [1.165, 1.54) is 5.56 Å². The van der Waals surface area contributed by atoms with E-state index in [0.29, 0.717) is 33.1 Å². The number of hydrazone groups is 1. The highest BCUT2D eigenvalue weighted by atomic mass is 35.5. The van der Waals surface area contributed by atoms with Gasteiger partial charge in [0, 0.05) is 16.7 Å². The molecule has 0 aliphatic rings. The quantitative estimate of drug-likeness (QED) is 0.386. The molecular weight excluding hydrogens is 382 g/mol. The second-order valence-corrected chi connectivity index (χ2v) is 8.03. The monoisotopic (exact) mass is 407 g/mol. The Morgan fingerprint density at radius 1 is 1.17 bits per heavy atom. The molecule has 0 spiro atoms. The molecule has 1 aromatic heterocycles. The first kappa shape index (κ1) is 21.0. The van der Waals surface area contributed by atoms with Gasteiger partial charge in [-0.15, -0.1) is 0 Å². The van der Waals surface area contributed by atoms with Gasteiger partial charge in [-0.2, -0.15) is 5.10 Å². The molecule has 1 N–H and O–H groups in total. The van der Waals surface area contributed by atoms with Crippen LogP contribution in [-0.2, 0) is 6.42 Å². The maximum absolute atomic E-state index is 13.0. The number of hydrogen-bond donors (Lipinski definition) is 1. The van der Waals surface area contributed by atoms with Crippen LogP contribution in [0.5, 0.6) is 0 Å². The number of para-hydroxylation sites is 1. The Hall–Kier alpha value is -2.72. The van der Waals surface area contributed by atoms with Crippen molar-refractivity contribution in [3.05, 3.63) is 64.7 Å². The molecule has 0 bridgehead atoms. The minimum atomic E-state index is -0.269. The molecule has 0 aliphatic heterocycles. The van der Waals surface area contributed by atoms with Gasteiger partial charge in [0.15, 0.2) is 0 Å². The topological polar surface area (TPSA) is 54.4 Å². The van der Waals surface area contributed by atoms with Crippen LogP contribution in [-0.4, -0.2) is 16.6 Å². The summed E-state index contributed by atoms with van der Waals surface area (Å²) in [6, 6.07) is 15.5. The Bertz CT molecular complexity index is 1060. The summed E-state index contributed by atoms with van der Waals surface area (Å²) in [6.07, 6.45) is 1.80. The lowest BCUT2D eigenvalue weighted by Crippen LogP contribution is -2.20. The van der Waals surface area contributed by atoms with Crippen molar-refractivity contribution < 1.29 is 4.79 Å². The molecule has 0 radical (unpaired) electrons. The van der Waals surface area contributed by atoms with Gasteiger partial charge in [-0.05, 0) is 43.4 Å². The zero-order chi connectivity index (χ0) is 21.0. The van der Waals surface area contributed by atoms with Crippen LogP contribution in [0.1, 0.15) is 50.0 Å². The standard InChI is InChI=1S/C24H26ClN3O/c1-5-17-9-11-18(12-10-17)22-14-20(19-7-6-8-21(25)23(19)26-22)24(29)28-27-16(4)13-15(2)3/h6-12,14-15H,5,13H2,1-4H3,(H,28,29)/b27-16+. The Labute approximate surface area is 177 Å². The third kappa shape index (κ3) is 5.01. The van der Waals surface area contributed by atoms with E-state index in [2.05, 4.69) is 43.4 Å². The summed E-state index contributed by atoms with van der Waals surface area (Å²) < 4.78 is 0. The number of aryl methyl sites for hydroxylation is 1. The molecule has 1 amide bonds. The number of rotatable bonds is 6. The van der Waals surface area contributed by atoms with Gasteiger partial charge in [0.25, 0.3) is 5.91 Å². The SMILES string of the molecule is CCc1ccc(-c2cc(C(=O)N/N=C(\C)CC(C)C)c3cccc(Cl)c3n2)cc1. The van der Waals surface area contributed by atoms with Crippen LogP contribution in [0.3, 0.4) is 0 Å². The van der Waals surface area contributed by atoms with E-state index in [1.807, 2.05) is 37.3 Å². The first-order valence-corrected chi connectivity index (χ1v) is 10.3. The van der Waals surface area contributed by atoms with Gasteiger partial charge in [-0.25, -0.2) is 10.4 Å². The number of nitrogens with one attached hydrogen (secondary N) is 1. The Morgan fingerprint density at radius 2 is 1.90 bits per heavy atom. The van der Waals surface area contributed by atoms with Crippen LogP contribution in [0.15, 0.2) is 53.6 Å². The zero-order valence-electron chi connectivity index (χ0n) is 17.3. The molecule has 0 saturated heterocycles. The molecule has 0 aliphatic carbocycles. The summed E-state index contributed by atoms with van der Waals surface area (Å²) in [5, 5.41) is 5.48. The number of hydrogen-bond acceptors (Lipinski definition) is 3. The molecule has 2 aromatic carbocycles. The number of carbonyl (C=O) groups is 1. The van der Waals surface area contributed by atoms with E-state index in [9.17, 15) is 4.79 Å². The molecule has 150 valence electrons. The summed E-state index contributed by atoms with van der Waals surface area (Å²) in [4.78, 5) is 17.7. The van der Waals surface area contributed by atoms with Crippen LogP contribution in [0.4, 0.5) is 0 Å². The number of benzene rings is 2. The van der Waals surface area contributed by atoms with Gasteiger partial charge in [0.1, 0.15) is 0 Å². The van der Waals surface area contributed by atoms with Gasteiger partial charge in [0.05, 0.1) is 21.8 Å². The predicted octanol–water partition coefficient (Wildman–Crippen LogP) is 6.27. The van der Waals surface area contributed by atoms with Crippen LogP contribution in [0, 0.1) is 5.92 Å². The molecule has 0 fully saturated rings. The number of halogens is 1. The largest absolute Gasteiger partial charge is 0.272 e. The molecule has 0 saturated carbocycles. The van der Waals surface area contributed by atoms with Gasteiger partial charge in [-0.3, -0.25) is 4.79 Å². The molecule has 1 heterocycles. The summed E-state index contributed by atoms with van der Waals surface area (Å²) in [7, 11) is 0. The number of fused-ring (bicyclic) bond motifs is 1. The van der Waals surface area contributed by atoms with E-state index in [0.717, 1.165) is 24.1 Å². The molecule has 3 aromatic rings. The van der Waals surface area contributed by atoms with Crippen molar-refractivity contribution in [1.29, 1.82) is 0 Å². The maximum Gasteiger partial charge on any atom is 0.272 e. The summed E-state index contributed by atoms with van der Waals surface area (Å²) in [5.41, 5.74) is 7.60. The lowest BCUT2D eigenvalue weighted by atomic mass is 10.0. The third-order valence-electron chi connectivity index (χ3n) is 4.74. The molecule has 3 rings (SSSR count). The van der Waals surface area contributed by atoms with Crippen molar-refractivity contribution >= 4 is 34.1 Å². The van der Waals surface area contributed by atoms with Crippen LogP contribution >= 0.6 is 11.6 Å². The minimum absolute atomic E-state index is 0.269. The van der Waals surface area contributed by atoms with Gasteiger partial charge in [-0.1, -0.05) is 68.8 Å². The molecular formula is C24H26ClN3O. The van der Waals surface area contributed by atoms with E-state index >= 15 is 0 Å². The molecule has 29 heavy (non-hydrogen) atoms. The summed E-state index contributed by atoms with van der Waals surface area (Å²) in [5.74, 6) is 0.211. The van der Waals surface area contributed by atoms with Crippen molar-refractivity contribution in [2.24, 2.45) is 11.0 Å². The number of aromatic nitrogens is 1. The van der Waals surface area contributed by atoms with E-state index < -0.39 is 0 Å². The second-order valence-electron chi connectivity index (χ2n) is 7.63. The van der Waals surface area contributed by atoms with Gasteiger partial charge >= 0.3 is 0 Å². The van der Waals surface area contributed by atoms with E-state index in [1.54, 1.807) is 6.07 Å². The minimum Gasteiger partial charge on any atom is -0.267 e. The number of carbonyl (C=O) groups excluding carboxylic acids is 1. The average Bonchev–Trinajstić information content (AvgIpc) is 2.71. The van der Waals surface area contributed by atoms with Crippen molar-refractivity contribution in [3.63, 3.8) is 0 Å². The summed E-state index contributed by atoms with van der Waals surface area (Å²) in [6.45, 7) is 8.28.